The van der Waals surface area contributed by atoms with Crippen molar-refractivity contribution in [2.45, 2.75) is 32.1 Å². The normalized spacial score (nSPS) is 13.2. The van der Waals surface area contributed by atoms with Crippen molar-refractivity contribution >= 4 is 11.8 Å². The van der Waals surface area contributed by atoms with Crippen LogP contribution in [-0.4, -0.2) is 39.7 Å². The van der Waals surface area contributed by atoms with Gasteiger partial charge in [0.2, 0.25) is 0 Å². The second kappa shape index (κ2) is 9.35. The summed E-state index contributed by atoms with van der Waals surface area (Å²) in [6.07, 6.45) is 8.25. The minimum absolute atomic E-state index is 0.196. The van der Waals surface area contributed by atoms with Crippen molar-refractivity contribution in [3.63, 3.8) is 0 Å². The Morgan fingerprint density at radius 3 is 2.43 bits per heavy atom. The van der Waals surface area contributed by atoms with Crippen LogP contribution in [0.2, 0.25) is 0 Å². The Kier molecular flexibility index (Phi) is 6.17. The molecule has 1 aliphatic carbocycles. The number of nitrogens with one attached hydrogen (secondary N) is 2. The van der Waals surface area contributed by atoms with E-state index in [4.69, 9.17) is 0 Å². The number of carbonyl (C=O) groups excluding carboxylic acids is 2. The molecule has 0 bridgehead atoms. The van der Waals surface area contributed by atoms with Gasteiger partial charge in [-0.05, 0) is 49.9 Å². The lowest BCUT2D eigenvalue weighted by molar-refractivity contribution is 0.0924. The van der Waals surface area contributed by atoms with Crippen molar-refractivity contribution in [3.05, 3.63) is 77.4 Å². The third-order valence-corrected chi connectivity index (χ3v) is 5.27. The van der Waals surface area contributed by atoms with Crippen molar-refractivity contribution in [2.24, 2.45) is 0 Å². The van der Waals surface area contributed by atoms with Gasteiger partial charge in [-0.25, -0.2) is 4.68 Å². The number of fused-ring (bicyclic) bond motifs is 1. The average molecular weight is 403 g/mol. The second-order valence-corrected chi connectivity index (χ2v) is 7.34. The van der Waals surface area contributed by atoms with Crippen LogP contribution in [0.25, 0.3) is 5.69 Å². The fraction of sp³-hybridized carbons (Fsp3) is 0.304. The summed E-state index contributed by atoms with van der Waals surface area (Å²) >= 11 is 0. The molecule has 0 aliphatic heterocycles. The van der Waals surface area contributed by atoms with Crippen molar-refractivity contribution in [3.8, 4) is 5.69 Å². The monoisotopic (exact) mass is 403 g/mol. The topological polar surface area (TPSA) is 88.9 Å². The summed E-state index contributed by atoms with van der Waals surface area (Å²) in [6.45, 7) is 0.666. The van der Waals surface area contributed by atoms with Crippen LogP contribution in [0.3, 0.4) is 0 Å². The van der Waals surface area contributed by atoms with E-state index in [1.807, 2.05) is 35.0 Å². The molecule has 3 aromatic rings. The molecule has 1 aromatic carbocycles. The molecule has 7 heteroatoms. The summed E-state index contributed by atoms with van der Waals surface area (Å²) in [5.74, 6) is -0.405. The van der Waals surface area contributed by atoms with Crippen molar-refractivity contribution in [1.29, 1.82) is 0 Å². The lowest BCUT2D eigenvalue weighted by Gasteiger charge is -2.07. The first-order chi connectivity index (χ1) is 14.7. The molecular formula is C23H25N5O2. The van der Waals surface area contributed by atoms with Gasteiger partial charge in [0.25, 0.3) is 11.8 Å². The van der Waals surface area contributed by atoms with E-state index < -0.39 is 0 Å². The molecular weight excluding hydrogens is 378 g/mol. The molecule has 2 amide bonds. The Hall–Kier alpha value is -3.48. The number of para-hydroxylation sites is 1. The molecule has 154 valence electrons. The van der Waals surface area contributed by atoms with Crippen LogP contribution in [0, 0.1) is 0 Å². The second-order valence-electron chi connectivity index (χ2n) is 7.34. The van der Waals surface area contributed by atoms with E-state index in [2.05, 4.69) is 20.7 Å². The minimum Gasteiger partial charge on any atom is -0.350 e. The first kappa shape index (κ1) is 19.8. The average Bonchev–Trinajstić information content (AvgIpc) is 2.98. The van der Waals surface area contributed by atoms with Crippen LogP contribution < -0.4 is 10.6 Å². The van der Waals surface area contributed by atoms with Crippen LogP contribution in [0.15, 0.2) is 54.9 Å². The third kappa shape index (κ3) is 4.40. The molecule has 0 radical (unpaired) electrons. The van der Waals surface area contributed by atoms with Gasteiger partial charge in [-0.3, -0.25) is 14.6 Å². The fourth-order valence-corrected chi connectivity index (χ4v) is 3.78. The smallest absolute Gasteiger partial charge is 0.272 e. The summed E-state index contributed by atoms with van der Waals surface area (Å²) in [6, 6.07) is 13.4. The van der Waals surface area contributed by atoms with Gasteiger partial charge in [-0.15, -0.1) is 0 Å². The number of aromatic nitrogens is 3. The van der Waals surface area contributed by atoms with Crippen LogP contribution in [0.5, 0.6) is 0 Å². The predicted molar refractivity (Wildman–Crippen MR) is 114 cm³/mol. The SMILES string of the molecule is O=C(NCCNC(=O)c1nn(-c2ccccc2)c2c1CCCCC2)c1cccnc1. The number of amides is 2. The zero-order valence-electron chi connectivity index (χ0n) is 16.8. The molecule has 4 rings (SSSR count). The molecule has 0 saturated heterocycles. The first-order valence-corrected chi connectivity index (χ1v) is 10.4. The zero-order valence-corrected chi connectivity index (χ0v) is 16.8. The molecule has 30 heavy (non-hydrogen) atoms. The maximum absolute atomic E-state index is 12.9. The standard InChI is InChI=1S/C23H25N5O2/c29-22(17-8-7-13-24-16-17)25-14-15-26-23(30)21-19-11-5-2-6-12-20(19)28(27-21)18-9-3-1-4-10-18/h1,3-4,7-10,13,16H,2,5-6,11-12,14-15H2,(H,25,29)(H,26,30). The van der Waals surface area contributed by atoms with E-state index in [9.17, 15) is 9.59 Å². The highest BCUT2D eigenvalue weighted by Gasteiger charge is 2.24. The molecule has 0 unspecified atom stereocenters. The Morgan fingerprint density at radius 2 is 1.67 bits per heavy atom. The zero-order chi connectivity index (χ0) is 20.8. The summed E-state index contributed by atoms with van der Waals surface area (Å²) in [7, 11) is 0. The van der Waals surface area contributed by atoms with Gasteiger partial charge >= 0.3 is 0 Å². The van der Waals surface area contributed by atoms with Gasteiger partial charge in [-0.1, -0.05) is 24.6 Å². The third-order valence-electron chi connectivity index (χ3n) is 5.27. The molecule has 2 heterocycles. The van der Waals surface area contributed by atoms with E-state index >= 15 is 0 Å². The minimum atomic E-state index is -0.209. The van der Waals surface area contributed by atoms with Gasteiger partial charge in [0.15, 0.2) is 5.69 Å². The van der Waals surface area contributed by atoms with Crippen molar-refractivity contribution in [1.82, 2.24) is 25.4 Å². The van der Waals surface area contributed by atoms with Crippen LogP contribution in [-0.2, 0) is 12.8 Å². The number of rotatable bonds is 6. The van der Waals surface area contributed by atoms with Crippen LogP contribution in [0.4, 0.5) is 0 Å². The first-order valence-electron chi connectivity index (χ1n) is 10.4. The Bertz CT molecular complexity index is 1010. The molecule has 2 N–H and O–H groups in total. The highest BCUT2D eigenvalue weighted by molar-refractivity contribution is 5.95. The lowest BCUT2D eigenvalue weighted by Crippen LogP contribution is -2.35. The molecule has 0 atom stereocenters. The molecule has 7 nitrogen and oxygen atoms in total. The largest absolute Gasteiger partial charge is 0.350 e. The molecule has 1 aliphatic rings. The summed E-state index contributed by atoms with van der Waals surface area (Å²) < 4.78 is 1.92. The summed E-state index contributed by atoms with van der Waals surface area (Å²) in [5, 5.41) is 10.4. The van der Waals surface area contributed by atoms with Crippen LogP contribution >= 0.6 is 0 Å². The van der Waals surface area contributed by atoms with Crippen molar-refractivity contribution in [2.75, 3.05) is 13.1 Å². The van der Waals surface area contributed by atoms with E-state index in [1.54, 1.807) is 18.3 Å². The number of hydrogen-bond acceptors (Lipinski definition) is 4. The van der Waals surface area contributed by atoms with E-state index in [1.165, 1.54) is 6.20 Å². The quantitative estimate of drug-likeness (QED) is 0.489. The lowest BCUT2D eigenvalue weighted by atomic mass is 10.1. The molecule has 0 saturated carbocycles. The van der Waals surface area contributed by atoms with E-state index in [0.29, 0.717) is 24.3 Å². The highest BCUT2D eigenvalue weighted by atomic mass is 16.2. The molecule has 2 aromatic heterocycles. The number of nitrogens with zero attached hydrogens (tertiary/aromatic N) is 3. The number of benzene rings is 1. The van der Waals surface area contributed by atoms with Gasteiger partial charge in [0, 0.05) is 36.7 Å². The summed E-state index contributed by atoms with van der Waals surface area (Å²) in [4.78, 5) is 28.9. The van der Waals surface area contributed by atoms with Gasteiger partial charge < -0.3 is 10.6 Å². The van der Waals surface area contributed by atoms with Crippen molar-refractivity contribution < 1.29 is 9.59 Å². The van der Waals surface area contributed by atoms with Crippen LogP contribution in [0.1, 0.15) is 51.4 Å². The van der Waals surface area contributed by atoms with Gasteiger partial charge in [-0.2, -0.15) is 5.10 Å². The fourth-order valence-electron chi connectivity index (χ4n) is 3.78. The Morgan fingerprint density at radius 1 is 0.900 bits per heavy atom. The molecule has 0 spiro atoms. The maximum Gasteiger partial charge on any atom is 0.272 e. The molecule has 0 fully saturated rings. The Balaban J connectivity index is 1.43. The van der Waals surface area contributed by atoms with E-state index in [-0.39, 0.29) is 11.8 Å². The maximum atomic E-state index is 12.9. The highest BCUT2D eigenvalue weighted by Crippen LogP contribution is 2.26. The Labute approximate surface area is 175 Å². The number of pyridine rings is 1. The van der Waals surface area contributed by atoms with Gasteiger partial charge in [0.05, 0.1) is 11.3 Å². The summed E-state index contributed by atoms with van der Waals surface area (Å²) in [5.41, 5.74) is 4.14. The van der Waals surface area contributed by atoms with Gasteiger partial charge in [0.1, 0.15) is 0 Å². The number of hydrogen-bond donors (Lipinski definition) is 2. The van der Waals surface area contributed by atoms with E-state index in [0.717, 1.165) is 49.0 Å². The number of carbonyl (C=O) groups is 2. The predicted octanol–water partition coefficient (Wildman–Crippen LogP) is 2.70.